The quantitative estimate of drug-likeness (QED) is 0.679. The van der Waals surface area contributed by atoms with E-state index in [1.165, 1.54) is 14.0 Å². The molecule has 0 fully saturated rings. The first-order chi connectivity index (χ1) is 11.8. The van der Waals surface area contributed by atoms with E-state index >= 15 is 0 Å². The highest BCUT2D eigenvalue weighted by molar-refractivity contribution is 6.31. The first-order valence-electron chi connectivity index (χ1n) is 8.30. The fourth-order valence-corrected chi connectivity index (χ4v) is 2.55. The smallest absolute Gasteiger partial charge is 0.223 e. The molecule has 0 atom stereocenters. The molecule has 1 aromatic rings. The molecule has 2 amide bonds. The number of rotatable bonds is 9. The first kappa shape index (κ1) is 21.3. The molecule has 7 heteroatoms. The Hall–Kier alpha value is -1.79. The highest BCUT2D eigenvalue weighted by atomic mass is 35.5. The van der Waals surface area contributed by atoms with E-state index in [1.807, 2.05) is 21.0 Å². The molecule has 25 heavy (non-hydrogen) atoms. The van der Waals surface area contributed by atoms with Crippen molar-refractivity contribution < 1.29 is 14.3 Å². The van der Waals surface area contributed by atoms with Crippen molar-refractivity contribution in [3.8, 4) is 5.75 Å². The molecule has 0 bridgehead atoms. The van der Waals surface area contributed by atoms with Gasteiger partial charge in [-0.2, -0.15) is 0 Å². The van der Waals surface area contributed by atoms with E-state index in [4.69, 9.17) is 16.3 Å². The van der Waals surface area contributed by atoms with Gasteiger partial charge in [0.1, 0.15) is 5.75 Å². The first-order valence-corrected chi connectivity index (χ1v) is 8.67. The second kappa shape index (κ2) is 10.3. The summed E-state index contributed by atoms with van der Waals surface area (Å²) < 4.78 is 5.34. The summed E-state index contributed by atoms with van der Waals surface area (Å²) in [5, 5.41) is 3.45. The summed E-state index contributed by atoms with van der Waals surface area (Å²) in [5.41, 5.74) is 1.47. The maximum absolute atomic E-state index is 12.1. The van der Waals surface area contributed by atoms with Gasteiger partial charge in [-0.15, -0.1) is 0 Å². The summed E-state index contributed by atoms with van der Waals surface area (Å²) in [6.07, 6.45) is 1.12. The fourth-order valence-electron chi connectivity index (χ4n) is 2.39. The second-order valence-electron chi connectivity index (χ2n) is 6.20. The predicted octanol–water partition coefficient (Wildman–Crippen LogP) is 2.47. The molecule has 0 radical (unpaired) electrons. The van der Waals surface area contributed by atoms with E-state index < -0.39 is 0 Å². The lowest BCUT2D eigenvalue weighted by atomic mass is 10.1. The van der Waals surface area contributed by atoms with Crippen LogP contribution in [0.2, 0.25) is 5.02 Å². The van der Waals surface area contributed by atoms with Crippen molar-refractivity contribution in [3.05, 3.63) is 22.7 Å². The van der Waals surface area contributed by atoms with Crippen molar-refractivity contribution in [2.24, 2.45) is 0 Å². The predicted molar refractivity (Wildman–Crippen MR) is 102 cm³/mol. The van der Waals surface area contributed by atoms with Gasteiger partial charge in [0.2, 0.25) is 11.8 Å². The van der Waals surface area contributed by atoms with Gasteiger partial charge in [-0.1, -0.05) is 11.6 Å². The minimum Gasteiger partial charge on any atom is -0.495 e. The van der Waals surface area contributed by atoms with Crippen LogP contribution in [0.15, 0.2) is 12.1 Å². The number of carbonyl (C=O) groups is 2. The van der Waals surface area contributed by atoms with Gasteiger partial charge in [-0.3, -0.25) is 9.59 Å². The largest absolute Gasteiger partial charge is 0.495 e. The zero-order valence-corrected chi connectivity index (χ0v) is 16.4. The van der Waals surface area contributed by atoms with Crippen LogP contribution in [0, 0.1) is 6.92 Å². The van der Waals surface area contributed by atoms with Gasteiger partial charge in [-0.25, -0.2) is 0 Å². The summed E-state index contributed by atoms with van der Waals surface area (Å²) >= 11 is 6.12. The van der Waals surface area contributed by atoms with Crippen molar-refractivity contribution in [3.63, 3.8) is 0 Å². The lowest BCUT2D eigenvalue weighted by Crippen LogP contribution is -2.34. The number of methoxy groups -OCH3 is 1. The number of carbonyl (C=O) groups excluding carboxylic acids is 2. The van der Waals surface area contributed by atoms with E-state index in [1.54, 1.807) is 17.0 Å². The standard InChI is InChI=1S/C18H28ClN3O3/c1-13-11-16(17(25-5)12-15(13)19)22(14(2)23)10-7-18(24)20-8-6-9-21(3)4/h11-12H,6-10H2,1-5H3,(H,20,24). The second-order valence-corrected chi connectivity index (χ2v) is 6.61. The number of ether oxygens (including phenoxy) is 1. The maximum Gasteiger partial charge on any atom is 0.223 e. The topological polar surface area (TPSA) is 61.9 Å². The highest BCUT2D eigenvalue weighted by Crippen LogP contribution is 2.34. The molecule has 1 N–H and O–H groups in total. The Bertz CT molecular complexity index is 605. The molecular weight excluding hydrogens is 342 g/mol. The number of nitrogens with zero attached hydrogens (tertiary/aromatic N) is 2. The molecule has 0 unspecified atom stereocenters. The van der Waals surface area contributed by atoms with E-state index in [0.717, 1.165) is 18.5 Å². The number of anilines is 1. The van der Waals surface area contributed by atoms with E-state index in [9.17, 15) is 9.59 Å². The SMILES string of the molecule is COc1cc(Cl)c(C)cc1N(CCC(=O)NCCCN(C)C)C(C)=O. The maximum atomic E-state index is 12.1. The Balaban J connectivity index is 2.71. The van der Waals surface area contributed by atoms with Crippen LogP contribution in [-0.2, 0) is 9.59 Å². The Morgan fingerprint density at radius 2 is 1.92 bits per heavy atom. The van der Waals surface area contributed by atoms with Crippen molar-refractivity contribution in [1.82, 2.24) is 10.2 Å². The van der Waals surface area contributed by atoms with Crippen molar-refractivity contribution >= 4 is 29.1 Å². The molecule has 6 nitrogen and oxygen atoms in total. The van der Waals surface area contributed by atoms with Gasteiger partial charge < -0.3 is 19.9 Å². The van der Waals surface area contributed by atoms with Crippen molar-refractivity contribution in [2.75, 3.05) is 45.7 Å². The molecule has 1 rings (SSSR count). The number of nitrogens with one attached hydrogen (secondary N) is 1. The normalized spacial score (nSPS) is 10.7. The molecule has 0 aliphatic rings. The Morgan fingerprint density at radius 3 is 2.48 bits per heavy atom. The summed E-state index contributed by atoms with van der Waals surface area (Å²) in [7, 11) is 5.52. The summed E-state index contributed by atoms with van der Waals surface area (Å²) in [6, 6.07) is 3.49. The van der Waals surface area contributed by atoms with Crippen LogP contribution < -0.4 is 15.0 Å². The molecular formula is C18H28ClN3O3. The van der Waals surface area contributed by atoms with Gasteiger partial charge >= 0.3 is 0 Å². The van der Waals surface area contributed by atoms with Crippen LogP contribution in [0.25, 0.3) is 0 Å². The zero-order valence-electron chi connectivity index (χ0n) is 15.7. The van der Waals surface area contributed by atoms with Crippen LogP contribution >= 0.6 is 11.6 Å². The van der Waals surface area contributed by atoms with Crippen LogP contribution in [0.3, 0.4) is 0 Å². The van der Waals surface area contributed by atoms with Gasteiger partial charge in [-0.05, 0) is 45.6 Å². The van der Waals surface area contributed by atoms with E-state index in [2.05, 4.69) is 10.2 Å². The molecule has 140 valence electrons. The lowest BCUT2D eigenvalue weighted by molar-refractivity contribution is -0.121. The molecule has 0 aliphatic heterocycles. The number of hydrogen-bond acceptors (Lipinski definition) is 4. The summed E-state index contributed by atoms with van der Waals surface area (Å²) in [4.78, 5) is 27.7. The number of aryl methyl sites for hydroxylation is 1. The monoisotopic (exact) mass is 369 g/mol. The third-order valence-corrected chi connectivity index (χ3v) is 4.20. The molecule has 0 aliphatic carbocycles. The minimum atomic E-state index is -0.152. The molecule has 0 heterocycles. The van der Waals surface area contributed by atoms with Crippen LogP contribution in [-0.4, -0.2) is 57.6 Å². The van der Waals surface area contributed by atoms with Crippen LogP contribution in [0.1, 0.15) is 25.3 Å². The number of amides is 2. The van der Waals surface area contributed by atoms with Gasteiger partial charge in [0.25, 0.3) is 0 Å². The summed E-state index contributed by atoms with van der Waals surface area (Å²) in [5.74, 6) is 0.285. The molecule has 1 aromatic carbocycles. The molecule has 0 saturated heterocycles. The highest BCUT2D eigenvalue weighted by Gasteiger charge is 2.19. The Labute approximate surface area is 155 Å². The van der Waals surface area contributed by atoms with Gasteiger partial charge in [0, 0.05) is 37.5 Å². The van der Waals surface area contributed by atoms with E-state index in [-0.39, 0.29) is 24.8 Å². The minimum absolute atomic E-state index is 0.0744. The number of hydrogen-bond donors (Lipinski definition) is 1. The molecule has 0 aromatic heterocycles. The van der Waals surface area contributed by atoms with Crippen LogP contribution in [0.4, 0.5) is 5.69 Å². The summed E-state index contributed by atoms with van der Waals surface area (Å²) in [6.45, 7) is 5.16. The lowest BCUT2D eigenvalue weighted by Gasteiger charge is -2.24. The van der Waals surface area contributed by atoms with Gasteiger partial charge in [0.05, 0.1) is 12.8 Å². The fraction of sp³-hybridized carbons (Fsp3) is 0.556. The zero-order chi connectivity index (χ0) is 19.0. The van der Waals surface area contributed by atoms with Crippen molar-refractivity contribution in [1.29, 1.82) is 0 Å². The van der Waals surface area contributed by atoms with E-state index in [0.29, 0.717) is 23.0 Å². The van der Waals surface area contributed by atoms with Gasteiger partial charge in [0.15, 0.2) is 0 Å². The average Bonchev–Trinajstić information content (AvgIpc) is 2.54. The van der Waals surface area contributed by atoms with Crippen LogP contribution in [0.5, 0.6) is 5.75 Å². The molecule has 0 saturated carbocycles. The van der Waals surface area contributed by atoms with Crippen molar-refractivity contribution in [2.45, 2.75) is 26.7 Å². The third kappa shape index (κ3) is 6.92. The number of halogens is 1. The third-order valence-electron chi connectivity index (χ3n) is 3.80. The Morgan fingerprint density at radius 1 is 1.24 bits per heavy atom. The average molecular weight is 370 g/mol. The Kier molecular flexibility index (Phi) is 8.72. The number of benzene rings is 1. The molecule has 0 spiro atoms.